The maximum Gasteiger partial charge on any atom is 0.243 e. The Kier molecular flexibility index (Phi) is 4.94. The van der Waals surface area contributed by atoms with Crippen molar-refractivity contribution in [2.75, 3.05) is 14.2 Å². The van der Waals surface area contributed by atoms with Crippen LogP contribution in [0.2, 0.25) is 0 Å². The summed E-state index contributed by atoms with van der Waals surface area (Å²) in [6.07, 6.45) is 0. The van der Waals surface area contributed by atoms with E-state index in [2.05, 4.69) is 4.37 Å². The lowest BCUT2D eigenvalue weighted by molar-refractivity contribution is 0.101. The Labute approximate surface area is 133 Å². The fourth-order valence-electron chi connectivity index (χ4n) is 1.81. The number of sulfonamides is 1. The zero-order chi connectivity index (χ0) is 16.3. The highest BCUT2D eigenvalue weighted by Crippen LogP contribution is 2.21. The van der Waals surface area contributed by atoms with Gasteiger partial charge in [-0.3, -0.25) is 4.79 Å². The lowest BCUT2D eigenvalue weighted by Gasteiger charge is -2.16. The molecule has 0 saturated carbocycles. The Hall–Kier alpha value is -1.77. The fraction of sp³-hybridized carbons (Fsp3) is 0.286. The van der Waals surface area contributed by atoms with Gasteiger partial charge >= 0.3 is 0 Å². The molecular weight excluding hydrogens is 324 g/mol. The molecule has 2 rings (SSSR count). The minimum atomic E-state index is -3.62. The maximum absolute atomic E-state index is 12.5. The summed E-state index contributed by atoms with van der Waals surface area (Å²) in [5.74, 6) is 0.366. The molecule has 22 heavy (non-hydrogen) atoms. The van der Waals surface area contributed by atoms with E-state index in [4.69, 9.17) is 4.74 Å². The second-order valence-corrected chi connectivity index (χ2v) is 7.61. The number of carbonyl (C=O) groups excluding carboxylic acids is 1. The van der Waals surface area contributed by atoms with Crippen molar-refractivity contribution in [2.45, 2.75) is 18.4 Å². The zero-order valence-electron chi connectivity index (χ0n) is 12.4. The van der Waals surface area contributed by atoms with Gasteiger partial charge in [0.05, 0.1) is 12.0 Å². The summed E-state index contributed by atoms with van der Waals surface area (Å²) in [5.41, 5.74) is 0.480. The van der Waals surface area contributed by atoms with Gasteiger partial charge in [-0.1, -0.05) is 12.1 Å². The minimum absolute atomic E-state index is 0.103. The van der Waals surface area contributed by atoms with Crippen LogP contribution in [0.1, 0.15) is 22.2 Å². The Bertz CT molecular complexity index is 766. The molecule has 0 fully saturated rings. The van der Waals surface area contributed by atoms with Gasteiger partial charge in [0.25, 0.3) is 0 Å². The van der Waals surface area contributed by atoms with E-state index >= 15 is 0 Å². The molecule has 0 atom stereocenters. The van der Waals surface area contributed by atoms with Gasteiger partial charge in [0.15, 0.2) is 5.78 Å². The van der Waals surface area contributed by atoms with Crippen LogP contribution < -0.4 is 4.74 Å². The number of hydrogen-bond donors (Lipinski definition) is 0. The molecule has 6 nitrogen and oxygen atoms in total. The normalized spacial score (nSPS) is 11.6. The maximum atomic E-state index is 12.5. The average Bonchev–Trinajstić information content (AvgIpc) is 2.95. The van der Waals surface area contributed by atoms with E-state index in [1.807, 2.05) is 0 Å². The molecule has 8 heteroatoms. The molecule has 0 bridgehead atoms. The molecule has 1 aromatic carbocycles. The number of hydrogen-bond acceptors (Lipinski definition) is 6. The molecule has 2 aromatic rings. The molecule has 0 spiro atoms. The molecule has 0 unspecified atom stereocenters. The van der Waals surface area contributed by atoms with E-state index in [1.54, 1.807) is 6.07 Å². The number of ether oxygens (including phenoxy) is 1. The van der Waals surface area contributed by atoms with Crippen molar-refractivity contribution in [1.29, 1.82) is 0 Å². The number of carbonyl (C=O) groups is 1. The molecule has 0 aliphatic heterocycles. The molecular formula is C14H16N2O4S2. The van der Waals surface area contributed by atoms with E-state index in [-0.39, 0.29) is 17.2 Å². The quantitative estimate of drug-likeness (QED) is 0.753. The van der Waals surface area contributed by atoms with Crippen LogP contribution in [-0.4, -0.2) is 37.0 Å². The summed E-state index contributed by atoms with van der Waals surface area (Å²) in [7, 11) is -0.607. The first-order chi connectivity index (χ1) is 10.3. The summed E-state index contributed by atoms with van der Waals surface area (Å²) in [4.78, 5) is 12.2. The Morgan fingerprint density at radius 3 is 2.45 bits per heavy atom. The first-order valence-electron chi connectivity index (χ1n) is 6.41. The molecule has 0 aliphatic carbocycles. The number of nitrogens with zero attached hydrogens (tertiary/aromatic N) is 2. The topological polar surface area (TPSA) is 76.6 Å². The van der Waals surface area contributed by atoms with Crippen LogP contribution in [0.5, 0.6) is 5.88 Å². The number of methoxy groups -OCH3 is 1. The van der Waals surface area contributed by atoms with E-state index in [9.17, 15) is 13.2 Å². The molecule has 1 heterocycles. The number of aromatic nitrogens is 1. The van der Waals surface area contributed by atoms with E-state index < -0.39 is 10.0 Å². The van der Waals surface area contributed by atoms with Gasteiger partial charge in [0.1, 0.15) is 0 Å². The van der Waals surface area contributed by atoms with Crippen LogP contribution in [-0.2, 0) is 16.6 Å². The predicted molar refractivity (Wildman–Crippen MR) is 83.8 cm³/mol. The fourth-order valence-corrected chi connectivity index (χ4v) is 3.78. The molecule has 1 aromatic heterocycles. The van der Waals surface area contributed by atoms with Crippen molar-refractivity contribution in [3.8, 4) is 5.88 Å². The molecule has 0 saturated heterocycles. The van der Waals surface area contributed by atoms with Crippen LogP contribution in [0.15, 0.2) is 35.2 Å². The first kappa shape index (κ1) is 16.6. The van der Waals surface area contributed by atoms with Gasteiger partial charge in [-0.05, 0) is 30.6 Å². The molecule has 0 radical (unpaired) electrons. The van der Waals surface area contributed by atoms with Crippen molar-refractivity contribution >= 4 is 27.3 Å². The summed E-state index contributed by atoms with van der Waals surface area (Å²) >= 11 is 1.19. The third-order valence-corrected chi connectivity index (χ3v) is 5.66. The highest BCUT2D eigenvalue weighted by Gasteiger charge is 2.22. The third kappa shape index (κ3) is 3.52. The molecule has 0 aliphatic rings. The van der Waals surface area contributed by atoms with Crippen LogP contribution in [0.3, 0.4) is 0 Å². The molecule has 118 valence electrons. The van der Waals surface area contributed by atoms with Crippen molar-refractivity contribution < 1.29 is 17.9 Å². The van der Waals surface area contributed by atoms with Crippen LogP contribution in [0, 0.1) is 0 Å². The summed E-state index contributed by atoms with van der Waals surface area (Å²) in [5, 5.41) is 0. The van der Waals surface area contributed by atoms with Crippen LogP contribution in [0.4, 0.5) is 0 Å². The van der Waals surface area contributed by atoms with Crippen molar-refractivity contribution in [1.82, 2.24) is 8.68 Å². The number of Topliss-reactive ketones (excluding diaryl/α,β-unsaturated/α-hetero) is 1. The van der Waals surface area contributed by atoms with E-state index in [0.717, 1.165) is 4.88 Å². The zero-order valence-corrected chi connectivity index (χ0v) is 14.1. The smallest absolute Gasteiger partial charge is 0.243 e. The van der Waals surface area contributed by atoms with Gasteiger partial charge in [-0.15, -0.1) is 0 Å². The second kappa shape index (κ2) is 6.55. The monoisotopic (exact) mass is 340 g/mol. The predicted octanol–water partition coefficient (Wildman–Crippen LogP) is 2.18. The van der Waals surface area contributed by atoms with Gasteiger partial charge < -0.3 is 4.74 Å². The highest BCUT2D eigenvalue weighted by atomic mass is 32.2. The Morgan fingerprint density at radius 1 is 1.32 bits per heavy atom. The van der Waals surface area contributed by atoms with Crippen LogP contribution >= 0.6 is 11.5 Å². The lowest BCUT2D eigenvalue weighted by Crippen LogP contribution is -2.26. The van der Waals surface area contributed by atoms with Crippen molar-refractivity contribution in [3.63, 3.8) is 0 Å². The van der Waals surface area contributed by atoms with Crippen molar-refractivity contribution in [2.24, 2.45) is 0 Å². The van der Waals surface area contributed by atoms with Crippen LogP contribution in [0.25, 0.3) is 0 Å². The third-order valence-electron chi connectivity index (χ3n) is 3.09. The molecule has 0 amide bonds. The molecule has 0 N–H and O–H groups in total. The number of ketones is 1. The second-order valence-electron chi connectivity index (χ2n) is 4.68. The number of rotatable bonds is 6. The largest absolute Gasteiger partial charge is 0.480 e. The Balaban J connectivity index is 2.19. The average molecular weight is 340 g/mol. The summed E-state index contributed by atoms with van der Waals surface area (Å²) < 4.78 is 35.2. The van der Waals surface area contributed by atoms with Gasteiger partial charge in [-0.2, -0.15) is 8.68 Å². The van der Waals surface area contributed by atoms with Gasteiger partial charge in [-0.25, -0.2) is 8.42 Å². The van der Waals surface area contributed by atoms with E-state index in [1.165, 1.54) is 61.2 Å². The summed E-state index contributed by atoms with van der Waals surface area (Å²) in [6, 6.07) is 7.61. The first-order valence-corrected chi connectivity index (χ1v) is 8.63. The standard InChI is InChI=1S/C14H16N2O4S2/c1-10(17)11-4-6-13(7-5-11)22(18,19)16(2)9-12-8-14(20-3)15-21-12/h4-8H,9H2,1-3H3. The summed E-state index contributed by atoms with van der Waals surface area (Å²) in [6.45, 7) is 1.64. The van der Waals surface area contributed by atoms with E-state index in [0.29, 0.717) is 11.4 Å². The Morgan fingerprint density at radius 2 is 1.95 bits per heavy atom. The van der Waals surface area contributed by atoms with Crippen molar-refractivity contribution in [3.05, 3.63) is 40.8 Å². The lowest BCUT2D eigenvalue weighted by atomic mass is 10.2. The highest BCUT2D eigenvalue weighted by molar-refractivity contribution is 7.89. The number of benzene rings is 1. The van der Waals surface area contributed by atoms with Gasteiger partial charge in [0, 0.05) is 30.1 Å². The van der Waals surface area contributed by atoms with Gasteiger partial charge in [0.2, 0.25) is 15.9 Å². The SMILES string of the molecule is COc1cc(CN(C)S(=O)(=O)c2ccc(C(C)=O)cc2)sn1. The minimum Gasteiger partial charge on any atom is -0.480 e.